The Morgan fingerprint density at radius 3 is 2.84 bits per heavy atom. The van der Waals surface area contributed by atoms with Crippen LogP contribution in [0.2, 0.25) is 0 Å². The molecule has 0 aromatic carbocycles. The Hall–Kier alpha value is -0.790. The van der Waals surface area contributed by atoms with Crippen LogP contribution in [-0.2, 0) is 6.54 Å². The van der Waals surface area contributed by atoms with Gasteiger partial charge in [-0.1, -0.05) is 6.07 Å². The number of likely N-dealkylation sites (N-methyl/N-ethyl adjacent to an activating group) is 1. The van der Waals surface area contributed by atoms with Crippen LogP contribution in [0.1, 0.15) is 5.01 Å². The van der Waals surface area contributed by atoms with Gasteiger partial charge in [0.15, 0.2) is 0 Å². The summed E-state index contributed by atoms with van der Waals surface area (Å²) in [6, 6.07) is 4.23. The molecule has 3 heterocycles. The van der Waals surface area contributed by atoms with Crippen molar-refractivity contribution in [2.24, 2.45) is 0 Å². The van der Waals surface area contributed by atoms with Crippen molar-refractivity contribution in [1.29, 1.82) is 0 Å². The van der Waals surface area contributed by atoms with Crippen molar-refractivity contribution in [1.82, 2.24) is 20.3 Å². The van der Waals surface area contributed by atoms with E-state index in [-0.39, 0.29) is 0 Å². The largest absolute Gasteiger partial charge is 0.304 e. The van der Waals surface area contributed by atoms with Crippen LogP contribution in [0.5, 0.6) is 0 Å². The molecular weight excluding hydrogens is 276 g/mol. The van der Waals surface area contributed by atoms with Crippen molar-refractivity contribution in [2.45, 2.75) is 6.54 Å². The second-order valence-corrected chi connectivity index (χ2v) is 6.78. The van der Waals surface area contributed by atoms with Gasteiger partial charge in [-0.15, -0.1) is 22.7 Å². The van der Waals surface area contributed by atoms with Crippen molar-refractivity contribution in [2.75, 3.05) is 33.2 Å². The predicted molar refractivity (Wildman–Crippen MR) is 81.3 cm³/mol. The van der Waals surface area contributed by atoms with Gasteiger partial charge in [-0.2, -0.15) is 0 Å². The van der Waals surface area contributed by atoms with Crippen LogP contribution in [0.15, 0.2) is 23.7 Å². The van der Waals surface area contributed by atoms with Gasteiger partial charge in [-0.25, -0.2) is 15.4 Å². The summed E-state index contributed by atoms with van der Waals surface area (Å²) in [5.41, 5.74) is 3.48. The van der Waals surface area contributed by atoms with Gasteiger partial charge in [0.2, 0.25) is 0 Å². The number of thiazole rings is 1. The molecular formula is C13H18N4S2. The van der Waals surface area contributed by atoms with Crippen LogP contribution in [-0.4, -0.2) is 48.1 Å². The normalized spacial score (nSPS) is 17.9. The molecule has 3 rings (SSSR count). The fourth-order valence-electron chi connectivity index (χ4n) is 2.07. The number of nitrogens with one attached hydrogen (secondary N) is 1. The van der Waals surface area contributed by atoms with Crippen molar-refractivity contribution < 1.29 is 0 Å². The summed E-state index contributed by atoms with van der Waals surface area (Å²) in [6.45, 7) is 5.26. The molecule has 0 aliphatic carbocycles. The van der Waals surface area contributed by atoms with Crippen molar-refractivity contribution >= 4 is 22.7 Å². The zero-order chi connectivity index (χ0) is 13.1. The van der Waals surface area contributed by atoms with E-state index < -0.39 is 0 Å². The molecule has 4 nitrogen and oxygen atoms in total. The lowest BCUT2D eigenvalue weighted by Gasteiger charge is -2.32. The molecule has 1 saturated heterocycles. The van der Waals surface area contributed by atoms with Crippen molar-refractivity contribution in [3.05, 3.63) is 28.7 Å². The van der Waals surface area contributed by atoms with E-state index in [2.05, 4.69) is 44.9 Å². The number of hydrogen-bond acceptors (Lipinski definition) is 6. The molecule has 1 fully saturated rings. The number of hydrogen-bond donors (Lipinski definition) is 1. The Labute approximate surface area is 121 Å². The molecule has 0 amide bonds. The number of aromatic nitrogens is 1. The predicted octanol–water partition coefficient (Wildman–Crippen LogP) is 2.12. The number of piperazine rings is 1. The smallest absolute Gasteiger partial charge is 0.108 e. The Morgan fingerprint density at radius 2 is 2.11 bits per heavy atom. The Kier molecular flexibility index (Phi) is 4.24. The molecule has 1 N–H and O–H groups in total. The van der Waals surface area contributed by atoms with E-state index in [0.29, 0.717) is 0 Å². The highest BCUT2D eigenvalue weighted by Gasteiger charge is 2.13. The van der Waals surface area contributed by atoms with Crippen LogP contribution in [0.4, 0.5) is 0 Å². The zero-order valence-corrected chi connectivity index (χ0v) is 12.6. The lowest BCUT2D eigenvalue weighted by Crippen LogP contribution is -2.50. The van der Waals surface area contributed by atoms with Crippen LogP contribution in [0.3, 0.4) is 0 Å². The summed E-state index contributed by atoms with van der Waals surface area (Å²) in [4.78, 5) is 9.43. The average Bonchev–Trinajstić information content (AvgIpc) is 3.09. The first kappa shape index (κ1) is 13.2. The second-order valence-electron chi connectivity index (χ2n) is 4.72. The first-order valence-electron chi connectivity index (χ1n) is 6.47. The average molecular weight is 294 g/mol. The molecule has 0 atom stereocenters. The lowest BCUT2D eigenvalue weighted by molar-refractivity contribution is 0.102. The molecule has 0 saturated carbocycles. The molecule has 0 spiro atoms. The van der Waals surface area contributed by atoms with Gasteiger partial charge in [0.05, 0.1) is 11.4 Å². The summed E-state index contributed by atoms with van der Waals surface area (Å²) >= 11 is 3.55. The maximum absolute atomic E-state index is 4.50. The third kappa shape index (κ3) is 3.40. The van der Waals surface area contributed by atoms with E-state index in [1.165, 1.54) is 9.75 Å². The van der Waals surface area contributed by atoms with Gasteiger partial charge in [-0.3, -0.25) is 0 Å². The minimum atomic E-state index is 0.833. The molecule has 1 aliphatic heterocycles. The van der Waals surface area contributed by atoms with Gasteiger partial charge >= 0.3 is 0 Å². The Balaban J connectivity index is 1.53. The van der Waals surface area contributed by atoms with Gasteiger partial charge in [-0.05, 0) is 18.5 Å². The standard InChI is InChI=1S/C13H18N4S2/c1-16-4-6-17(7-5-16)15-10-13-14-9-12(19-13)11-3-2-8-18-11/h2-3,8-9,15H,4-7,10H2,1H3. The van der Waals surface area contributed by atoms with Gasteiger partial charge in [0.25, 0.3) is 0 Å². The van der Waals surface area contributed by atoms with Crippen LogP contribution in [0, 0.1) is 0 Å². The SMILES string of the molecule is CN1CCN(NCc2ncc(-c3cccs3)s2)CC1. The molecule has 6 heteroatoms. The number of hydrazine groups is 1. The minimum Gasteiger partial charge on any atom is -0.304 e. The third-order valence-corrected chi connectivity index (χ3v) is 5.34. The first-order valence-corrected chi connectivity index (χ1v) is 8.16. The zero-order valence-electron chi connectivity index (χ0n) is 11.0. The molecule has 0 unspecified atom stereocenters. The summed E-state index contributed by atoms with van der Waals surface area (Å²) in [5, 5.41) is 5.56. The topological polar surface area (TPSA) is 31.4 Å². The number of rotatable bonds is 4. The van der Waals surface area contributed by atoms with E-state index in [1.807, 2.05) is 6.20 Å². The second kappa shape index (κ2) is 6.11. The number of thiophene rings is 1. The highest BCUT2D eigenvalue weighted by atomic mass is 32.1. The summed E-state index contributed by atoms with van der Waals surface area (Å²) in [6.07, 6.45) is 1.98. The quantitative estimate of drug-likeness (QED) is 0.936. The van der Waals surface area contributed by atoms with Crippen LogP contribution < -0.4 is 5.43 Å². The van der Waals surface area contributed by atoms with E-state index in [0.717, 1.165) is 37.7 Å². The van der Waals surface area contributed by atoms with Crippen molar-refractivity contribution in [3.63, 3.8) is 0 Å². The third-order valence-electron chi connectivity index (χ3n) is 3.27. The highest BCUT2D eigenvalue weighted by Crippen LogP contribution is 2.29. The lowest BCUT2D eigenvalue weighted by atomic mass is 10.4. The molecule has 19 heavy (non-hydrogen) atoms. The van der Waals surface area contributed by atoms with E-state index in [4.69, 9.17) is 0 Å². The molecule has 2 aromatic heterocycles. The highest BCUT2D eigenvalue weighted by molar-refractivity contribution is 7.21. The summed E-state index contributed by atoms with van der Waals surface area (Å²) in [7, 11) is 2.17. The number of nitrogens with zero attached hydrogens (tertiary/aromatic N) is 3. The van der Waals surface area contributed by atoms with E-state index in [1.54, 1.807) is 22.7 Å². The van der Waals surface area contributed by atoms with Gasteiger partial charge in [0.1, 0.15) is 5.01 Å². The van der Waals surface area contributed by atoms with Crippen LogP contribution >= 0.6 is 22.7 Å². The van der Waals surface area contributed by atoms with E-state index >= 15 is 0 Å². The maximum atomic E-state index is 4.50. The summed E-state index contributed by atoms with van der Waals surface area (Å²) in [5.74, 6) is 0. The molecule has 102 valence electrons. The Bertz CT molecular complexity index is 500. The fourth-order valence-corrected chi connectivity index (χ4v) is 3.74. The summed E-state index contributed by atoms with van der Waals surface area (Å²) < 4.78 is 0. The molecule has 0 bridgehead atoms. The fraction of sp³-hybridized carbons (Fsp3) is 0.462. The molecule has 2 aromatic rings. The van der Waals surface area contributed by atoms with Gasteiger partial charge < -0.3 is 4.90 Å². The molecule has 1 aliphatic rings. The monoisotopic (exact) mass is 294 g/mol. The molecule has 0 radical (unpaired) electrons. The first-order chi connectivity index (χ1) is 9.31. The minimum absolute atomic E-state index is 0.833. The van der Waals surface area contributed by atoms with Gasteiger partial charge in [0, 0.05) is 37.3 Å². The van der Waals surface area contributed by atoms with Crippen molar-refractivity contribution in [3.8, 4) is 9.75 Å². The van der Waals surface area contributed by atoms with Crippen LogP contribution in [0.25, 0.3) is 9.75 Å². The van der Waals surface area contributed by atoms with E-state index in [9.17, 15) is 0 Å². The Morgan fingerprint density at radius 1 is 1.26 bits per heavy atom. The maximum Gasteiger partial charge on any atom is 0.108 e.